The molecular weight excluding hydrogens is 289 g/mol. The third-order valence-electron chi connectivity index (χ3n) is 3.19. The molecule has 1 unspecified atom stereocenters. The SMILES string of the molecule is CCC(C)(CNC(=O)Nc1cc(F)c(F)cc1F)C(=O)O. The van der Waals surface area contributed by atoms with Gasteiger partial charge in [-0.15, -0.1) is 0 Å². The third kappa shape index (κ3) is 4.11. The highest BCUT2D eigenvalue weighted by Crippen LogP contribution is 2.21. The van der Waals surface area contributed by atoms with Crippen LogP contribution >= 0.6 is 0 Å². The van der Waals surface area contributed by atoms with Crippen LogP contribution in [-0.4, -0.2) is 23.7 Å². The van der Waals surface area contributed by atoms with E-state index in [1.807, 2.05) is 5.32 Å². The van der Waals surface area contributed by atoms with Crippen LogP contribution in [0.5, 0.6) is 0 Å². The smallest absolute Gasteiger partial charge is 0.319 e. The van der Waals surface area contributed by atoms with Gasteiger partial charge in [0.15, 0.2) is 11.6 Å². The molecule has 0 radical (unpaired) electrons. The number of carboxylic acid groups (broad SMARTS) is 1. The summed E-state index contributed by atoms with van der Waals surface area (Å²) in [6, 6.07) is -0.112. The van der Waals surface area contributed by atoms with Gasteiger partial charge in [-0.25, -0.2) is 18.0 Å². The Balaban J connectivity index is 2.71. The number of aliphatic carboxylic acids is 1. The van der Waals surface area contributed by atoms with Crippen LogP contribution in [0, 0.1) is 22.9 Å². The van der Waals surface area contributed by atoms with Crippen LogP contribution in [-0.2, 0) is 4.79 Å². The summed E-state index contributed by atoms with van der Waals surface area (Å²) in [6.07, 6.45) is 0.266. The normalized spacial score (nSPS) is 13.4. The Morgan fingerprint density at radius 3 is 2.29 bits per heavy atom. The molecule has 0 bridgehead atoms. The number of anilines is 1. The fourth-order valence-corrected chi connectivity index (χ4v) is 1.41. The highest BCUT2D eigenvalue weighted by molar-refractivity contribution is 5.89. The molecule has 0 spiro atoms. The summed E-state index contributed by atoms with van der Waals surface area (Å²) in [5, 5.41) is 13.3. The number of carboxylic acids is 1. The van der Waals surface area contributed by atoms with Gasteiger partial charge in [0.25, 0.3) is 0 Å². The number of nitrogens with one attached hydrogen (secondary N) is 2. The van der Waals surface area contributed by atoms with Crippen LogP contribution in [0.25, 0.3) is 0 Å². The molecule has 1 atom stereocenters. The van der Waals surface area contributed by atoms with Gasteiger partial charge in [-0.3, -0.25) is 4.79 Å². The van der Waals surface area contributed by atoms with Crippen molar-refractivity contribution >= 4 is 17.7 Å². The molecule has 3 N–H and O–H groups in total. The van der Waals surface area contributed by atoms with E-state index < -0.39 is 40.6 Å². The lowest BCUT2D eigenvalue weighted by atomic mass is 9.88. The van der Waals surface area contributed by atoms with E-state index in [0.29, 0.717) is 12.1 Å². The lowest BCUT2D eigenvalue weighted by Gasteiger charge is -2.23. The first-order chi connectivity index (χ1) is 9.69. The zero-order valence-electron chi connectivity index (χ0n) is 11.5. The van der Waals surface area contributed by atoms with E-state index in [-0.39, 0.29) is 13.0 Å². The number of rotatable bonds is 5. The molecular formula is C13H15F3N2O3. The number of urea groups is 1. The van der Waals surface area contributed by atoms with E-state index >= 15 is 0 Å². The Labute approximate surface area is 119 Å². The van der Waals surface area contributed by atoms with Crippen molar-refractivity contribution in [1.82, 2.24) is 5.32 Å². The molecule has 0 saturated heterocycles. The van der Waals surface area contributed by atoms with Crippen LogP contribution in [0.4, 0.5) is 23.7 Å². The third-order valence-corrected chi connectivity index (χ3v) is 3.19. The molecule has 5 nitrogen and oxygen atoms in total. The average Bonchev–Trinajstić information content (AvgIpc) is 2.42. The van der Waals surface area contributed by atoms with Gasteiger partial charge in [-0.1, -0.05) is 6.92 Å². The summed E-state index contributed by atoms with van der Waals surface area (Å²) in [7, 11) is 0. The monoisotopic (exact) mass is 304 g/mol. The van der Waals surface area contributed by atoms with Crippen molar-refractivity contribution in [3.05, 3.63) is 29.6 Å². The molecule has 0 aliphatic heterocycles. The molecule has 2 amide bonds. The van der Waals surface area contributed by atoms with Crippen molar-refractivity contribution < 1.29 is 27.9 Å². The van der Waals surface area contributed by atoms with Crippen LogP contribution in [0.2, 0.25) is 0 Å². The quantitative estimate of drug-likeness (QED) is 0.732. The molecule has 0 saturated carbocycles. The summed E-state index contributed by atoms with van der Waals surface area (Å²) in [5.74, 6) is -4.91. The minimum atomic E-state index is -1.37. The van der Waals surface area contributed by atoms with Gasteiger partial charge in [-0.2, -0.15) is 0 Å². The van der Waals surface area contributed by atoms with Crippen molar-refractivity contribution in [1.29, 1.82) is 0 Å². The van der Waals surface area contributed by atoms with Gasteiger partial charge in [0.05, 0.1) is 11.1 Å². The topological polar surface area (TPSA) is 78.4 Å². The Hall–Kier alpha value is -2.25. The van der Waals surface area contributed by atoms with Crippen LogP contribution in [0.3, 0.4) is 0 Å². The second-order valence-electron chi connectivity index (χ2n) is 4.77. The predicted molar refractivity (Wildman–Crippen MR) is 69.4 cm³/mol. The molecule has 21 heavy (non-hydrogen) atoms. The number of hydrogen-bond acceptors (Lipinski definition) is 2. The fraction of sp³-hybridized carbons (Fsp3) is 0.385. The molecule has 0 heterocycles. The van der Waals surface area contributed by atoms with Gasteiger partial charge < -0.3 is 15.7 Å². The maximum absolute atomic E-state index is 13.3. The largest absolute Gasteiger partial charge is 0.481 e. The number of amides is 2. The van der Waals surface area contributed by atoms with E-state index in [1.54, 1.807) is 6.92 Å². The molecule has 0 fully saturated rings. The van der Waals surface area contributed by atoms with Crippen molar-refractivity contribution in [2.24, 2.45) is 5.41 Å². The Morgan fingerprint density at radius 1 is 1.19 bits per heavy atom. The number of carbonyl (C=O) groups is 2. The van der Waals surface area contributed by atoms with Crippen molar-refractivity contribution in [3.8, 4) is 0 Å². The zero-order valence-corrected chi connectivity index (χ0v) is 11.5. The Bertz CT molecular complexity index is 566. The van der Waals surface area contributed by atoms with E-state index in [1.165, 1.54) is 6.92 Å². The number of hydrogen-bond donors (Lipinski definition) is 3. The maximum atomic E-state index is 13.3. The van der Waals surface area contributed by atoms with Crippen LogP contribution in [0.1, 0.15) is 20.3 Å². The average molecular weight is 304 g/mol. The summed E-state index contributed by atoms with van der Waals surface area (Å²) in [5.41, 5.74) is -1.72. The predicted octanol–water partition coefficient (Wildman–Crippen LogP) is 2.73. The molecule has 116 valence electrons. The standard InChI is InChI=1S/C13H15F3N2O3/c1-3-13(2,11(19)20)6-17-12(21)18-10-5-8(15)7(14)4-9(10)16/h4-5H,3,6H2,1-2H3,(H,19,20)(H2,17,18,21). The van der Waals surface area contributed by atoms with E-state index in [4.69, 9.17) is 5.11 Å². The minimum Gasteiger partial charge on any atom is -0.481 e. The van der Waals surface area contributed by atoms with E-state index in [2.05, 4.69) is 5.32 Å². The number of benzene rings is 1. The highest BCUT2D eigenvalue weighted by atomic mass is 19.2. The molecule has 0 aromatic heterocycles. The summed E-state index contributed by atoms with van der Waals surface area (Å²) in [6.45, 7) is 2.88. The second-order valence-corrected chi connectivity index (χ2v) is 4.77. The lowest BCUT2D eigenvalue weighted by Crippen LogP contribution is -2.42. The van der Waals surface area contributed by atoms with Gasteiger partial charge in [0.2, 0.25) is 0 Å². The van der Waals surface area contributed by atoms with E-state index in [0.717, 1.165) is 0 Å². The molecule has 0 aliphatic rings. The van der Waals surface area contributed by atoms with Gasteiger partial charge in [0, 0.05) is 18.7 Å². The highest BCUT2D eigenvalue weighted by Gasteiger charge is 2.31. The van der Waals surface area contributed by atoms with Crippen LogP contribution < -0.4 is 10.6 Å². The Kier molecular flexibility index (Phi) is 5.17. The van der Waals surface area contributed by atoms with E-state index in [9.17, 15) is 22.8 Å². The molecule has 1 aromatic rings. The second kappa shape index (κ2) is 6.47. The van der Waals surface area contributed by atoms with Gasteiger partial charge >= 0.3 is 12.0 Å². The van der Waals surface area contributed by atoms with Crippen molar-refractivity contribution in [2.45, 2.75) is 20.3 Å². The van der Waals surface area contributed by atoms with Crippen molar-refractivity contribution in [3.63, 3.8) is 0 Å². The summed E-state index contributed by atoms with van der Waals surface area (Å²) < 4.78 is 39.0. The fourth-order valence-electron chi connectivity index (χ4n) is 1.41. The molecule has 1 rings (SSSR count). The first-order valence-corrected chi connectivity index (χ1v) is 6.12. The minimum absolute atomic E-state index is 0.198. The zero-order chi connectivity index (χ0) is 16.2. The first-order valence-electron chi connectivity index (χ1n) is 6.12. The first kappa shape index (κ1) is 16.8. The molecule has 1 aromatic carbocycles. The van der Waals surface area contributed by atoms with Gasteiger partial charge in [0.1, 0.15) is 5.82 Å². The number of carbonyl (C=O) groups excluding carboxylic acids is 1. The summed E-state index contributed by atoms with van der Waals surface area (Å²) in [4.78, 5) is 22.6. The maximum Gasteiger partial charge on any atom is 0.319 e. The molecule has 0 aliphatic carbocycles. The van der Waals surface area contributed by atoms with Crippen LogP contribution in [0.15, 0.2) is 12.1 Å². The van der Waals surface area contributed by atoms with Crippen molar-refractivity contribution in [2.75, 3.05) is 11.9 Å². The van der Waals surface area contributed by atoms with Gasteiger partial charge in [-0.05, 0) is 13.3 Å². The molecule has 8 heteroatoms. The summed E-state index contributed by atoms with van der Waals surface area (Å²) >= 11 is 0. The number of halogens is 3. The lowest BCUT2D eigenvalue weighted by molar-refractivity contribution is -0.147. The Morgan fingerprint density at radius 2 is 1.76 bits per heavy atom.